The first-order valence-electron chi connectivity index (χ1n) is 13.6. The van der Waals surface area contributed by atoms with Gasteiger partial charge < -0.3 is 31.5 Å². The van der Waals surface area contributed by atoms with Gasteiger partial charge in [-0.25, -0.2) is 9.97 Å². The minimum Gasteiger partial charge on any atom is -0.395 e. The number of aliphatic hydroxyl groups excluding tert-OH is 2. The topological polar surface area (TPSA) is 148 Å². The molecule has 0 saturated heterocycles. The maximum absolute atomic E-state index is 13.1. The van der Waals surface area contributed by atoms with Crippen molar-refractivity contribution in [1.29, 1.82) is 0 Å². The van der Waals surface area contributed by atoms with Crippen LogP contribution in [-0.2, 0) is 13.1 Å². The normalized spacial score (nSPS) is 11.1. The first-order valence-corrected chi connectivity index (χ1v) is 15.2. The number of rotatable bonds is 13. The third-order valence-corrected chi connectivity index (χ3v) is 9.09. The van der Waals surface area contributed by atoms with Crippen LogP contribution in [0.25, 0.3) is 11.1 Å². The highest BCUT2D eigenvalue weighted by molar-refractivity contribution is 7.14. The molecule has 4 rings (SSSR count). The van der Waals surface area contributed by atoms with E-state index >= 15 is 0 Å². The van der Waals surface area contributed by atoms with Crippen LogP contribution in [0.5, 0.6) is 0 Å². The number of aryl methyl sites for hydroxylation is 2. The summed E-state index contributed by atoms with van der Waals surface area (Å²) in [6, 6.07) is 11.5. The van der Waals surface area contributed by atoms with Gasteiger partial charge in [-0.05, 0) is 62.1 Å². The van der Waals surface area contributed by atoms with Crippen molar-refractivity contribution in [3.05, 3.63) is 78.7 Å². The molecule has 4 aromatic rings. The van der Waals surface area contributed by atoms with Crippen molar-refractivity contribution in [2.45, 2.75) is 40.8 Å². The van der Waals surface area contributed by atoms with Gasteiger partial charge in [-0.1, -0.05) is 24.3 Å². The van der Waals surface area contributed by atoms with Gasteiger partial charge in [-0.3, -0.25) is 9.59 Å². The Labute approximate surface area is 253 Å². The summed E-state index contributed by atoms with van der Waals surface area (Å²) >= 11 is 2.67. The number of aliphatic hydroxyl groups is 2. The second-order valence-corrected chi connectivity index (χ2v) is 11.9. The minimum absolute atomic E-state index is 0.0482. The van der Waals surface area contributed by atoms with Crippen LogP contribution in [0, 0.1) is 27.7 Å². The lowest BCUT2D eigenvalue weighted by Crippen LogP contribution is -2.17. The molecule has 6 N–H and O–H groups in total. The number of aromatic nitrogens is 2. The summed E-state index contributed by atoms with van der Waals surface area (Å²) in [6.07, 6.45) is 0. The monoisotopic (exact) mass is 608 g/mol. The van der Waals surface area contributed by atoms with Crippen molar-refractivity contribution in [2.75, 3.05) is 36.9 Å². The fourth-order valence-electron chi connectivity index (χ4n) is 4.42. The van der Waals surface area contributed by atoms with Crippen molar-refractivity contribution in [1.82, 2.24) is 20.6 Å². The van der Waals surface area contributed by atoms with Crippen LogP contribution < -0.4 is 21.3 Å². The van der Waals surface area contributed by atoms with E-state index in [0.29, 0.717) is 47.6 Å². The molecule has 2 heterocycles. The highest BCUT2D eigenvalue weighted by Gasteiger charge is 2.19. The molecule has 0 radical (unpaired) electrons. The minimum atomic E-state index is -0.279. The largest absolute Gasteiger partial charge is 0.395 e. The van der Waals surface area contributed by atoms with Crippen LogP contribution in [0.2, 0.25) is 0 Å². The Hall–Kier alpha value is -3.52. The second kappa shape index (κ2) is 14.6. The van der Waals surface area contributed by atoms with Crippen molar-refractivity contribution in [3.63, 3.8) is 0 Å². The summed E-state index contributed by atoms with van der Waals surface area (Å²) in [6.45, 7) is 9.79. The van der Waals surface area contributed by atoms with Crippen LogP contribution in [0.3, 0.4) is 0 Å². The van der Waals surface area contributed by atoms with E-state index in [9.17, 15) is 9.59 Å². The van der Waals surface area contributed by atoms with Crippen LogP contribution >= 0.6 is 22.7 Å². The second-order valence-electron chi connectivity index (χ2n) is 9.72. The lowest BCUT2D eigenvalue weighted by molar-refractivity contribution is 0.101. The summed E-state index contributed by atoms with van der Waals surface area (Å²) < 4.78 is 0. The Bertz CT molecular complexity index is 1450. The van der Waals surface area contributed by atoms with Crippen molar-refractivity contribution < 1.29 is 19.8 Å². The number of benzene rings is 2. The molecule has 222 valence electrons. The fourth-order valence-corrected chi connectivity index (χ4v) is 6.27. The maximum Gasteiger partial charge on any atom is 0.284 e. The van der Waals surface area contributed by atoms with E-state index in [-0.39, 0.29) is 25.0 Å². The van der Waals surface area contributed by atoms with Gasteiger partial charge in [0.15, 0.2) is 10.0 Å². The smallest absolute Gasteiger partial charge is 0.284 e. The van der Waals surface area contributed by atoms with Gasteiger partial charge in [0.2, 0.25) is 0 Å². The van der Waals surface area contributed by atoms with E-state index in [0.717, 1.165) is 43.4 Å². The summed E-state index contributed by atoms with van der Waals surface area (Å²) in [7, 11) is 0. The quantitative estimate of drug-likeness (QED) is 0.124. The highest BCUT2D eigenvalue weighted by atomic mass is 32.1. The molecule has 0 unspecified atom stereocenters. The molecule has 0 aliphatic rings. The van der Waals surface area contributed by atoms with E-state index < -0.39 is 0 Å². The molecule has 0 saturated carbocycles. The van der Waals surface area contributed by atoms with Gasteiger partial charge >= 0.3 is 0 Å². The standard InChI is InChI=1S/C30H36N6O4S2/c1-17-21(7-5-9-23(17)35-27(39)29-33-19(3)25(41-29)15-31-11-13-37)22-8-6-10-24(18(22)2)36-28(40)30-34-20(4)26(42-30)16-32-12-14-38/h5-10,31-32,37-38H,11-16H2,1-4H3,(H,35,39)(H,36,40). The third-order valence-electron chi connectivity index (χ3n) is 6.78. The molecule has 12 heteroatoms. The molecule has 0 fully saturated rings. The number of hydrogen-bond acceptors (Lipinski definition) is 10. The molecule has 10 nitrogen and oxygen atoms in total. The Morgan fingerprint density at radius 3 is 1.48 bits per heavy atom. The maximum atomic E-state index is 13.1. The third kappa shape index (κ3) is 7.46. The average molecular weight is 609 g/mol. The van der Waals surface area contributed by atoms with Crippen molar-refractivity contribution >= 4 is 45.9 Å². The number of amides is 2. The van der Waals surface area contributed by atoms with Crippen molar-refractivity contribution in [3.8, 4) is 11.1 Å². The van der Waals surface area contributed by atoms with Gasteiger partial charge in [0.1, 0.15) is 0 Å². The Morgan fingerprint density at radius 1 is 0.690 bits per heavy atom. The number of carbonyl (C=O) groups excluding carboxylic acids is 2. The summed E-state index contributed by atoms with van der Waals surface area (Å²) in [5, 5.41) is 31.0. The van der Waals surface area contributed by atoms with E-state index in [1.807, 2.05) is 64.1 Å². The first-order chi connectivity index (χ1) is 20.2. The first kappa shape index (κ1) is 31.4. The van der Waals surface area contributed by atoms with Gasteiger partial charge in [-0.2, -0.15) is 0 Å². The van der Waals surface area contributed by atoms with E-state index in [2.05, 4.69) is 31.2 Å². The molecule has 0 aliphatic carbocycles. The Balaban J connectivity index is 1.51. The molecule has 0 atom stereocenters. The molecule has 0 spiro atoms. The molecule has 2 aromatic heterocycles. The number of thiazole rings is 2. The summed E-state index contributed by atoms with van der Waals surface area (Å²) in [4.78, 5) is 37.0. The molecule has 2 aromatic carbocycles. The lowest BCUT2D eigenvalue weighted by Gasteiger charge is -2.16. The highest BCUT2D eigenvalue weighted by Crippen LogP contribution is 2.34. The summed E-state index contributed by atoms with van der Waals surface area (Å²) in [5.41, 5.74) is 6.61. The SMILES string of the molecule is Cc1nc(C(=O)Nc2cccc(-c3cccc(NC(=O)c4nc(C)c(CNCCO)s4)c3C)c2C)sc1CNCCO. The number of nitrogens with one attached hydrogen (secondary N) is 4. The van der Waals surface area contributed by atoms with Gasteiger partial charge in [-0.15, -0.1) is 22.7 Å². The van der Waals surface area contributed by atoms with Gasteiger partial charge in [0, 0.05) is 47.3 Å². The average Bonchev–Trinajstić information content (AvgIpc) is 3.53. The zero-order valence-corrected chi connectivity index (χ0v) is 25.8. The van der Waals surface area contributed by atoms with Gasteiger partial charge in [0.05, 0.1) is 24.6 Å². The number of hydrogen-bond donors (Lipinski definition) is 6. The van der Waals surface area contributed by atoms with Gasteiger partial charge in [0.25, 0.3) is 11.8 Å². The predicted octanol–water partition coefficient (Wildman–Crippen LogP) is 4.17. The number of nitrogens with zero attached hydrogens (tertiary/aromatic N) is 2. The lowest BCUT2D eigenvalue weighted by atomic mass is 9.94. The van der Waals surface area contributed by atoms with E-state index in [1.54, 1.807) is 0 Å². The molecular weight excluding hydrogens is 573 g/mol. The van der Waals surface area contributed by atoms with E-state index in [4.69, 9.17) is 10.2 Å². The fraction of sp³-hybridized carbons (Fsp3) is 0.333. The predicted molar refractivity (Wildman–Crippen MR) is 169 cm³/mol. The van der Waals surface area contributed by atoms with E-state index in [1.165, 1.54) is 22.7 Å². The Kier molecular flexibility index (Phi) is 10.9. The van der Waals surface area contributed by atoms with Crippen LogP contribution in [-0.4, -0.2) is 58.3 Å². The molecule has 42 heavy (non-hydrogen) atoms. The van der Waals surface area contributed by atoms with Crippen LogP contribution in [0.4, 0.5) is 11.4 Å². The Morgan fingerprint density at radius 2 is 1.10 bits per heavy atom. The molecular formula is C30H36N6O4S2. The van der Waals surface area contributed by atoms with Crippen LogP contribution in [0.15, 0.2) is 36.4 Å². The molecule has 0 bridgehead atoms. The number of carbonyl (C=O) groups is 2. The van der Waals surface area contributed by atoms with Crippen LogP contribution in [0.1, 0.15) is 51.9 Å². The zero-order chi connectivity index (χ0) is 30.2. The molecule has 2 amide bonds. The zero-order valence-electron chi connectivity index (χ0n) is 24.1. The summed E-state index contributed by atoms with van der Waals surface area (Å²) in [5.74, 6) is -0.557. The number of anilines is 2. The van der Waals surface area contributed by atoms with Crippen molar-refractivity contribution in [2.24, 2.45) is 0 Å². The molecule has 0 aliphatic heterocycles.